The van der Waals surface area contributed by atoms with Crippen LogP contribution in [0.15, 0.2) is 12.2 Å². The predicted octanol–water partition coefficient (Wildman–Crippen LogP) is 5.03. The molecule has 5 atom stereocenters. The van der Waals surface area contributed by atoms with Crippen molar-refractivity contribution in [3.63, 3.8) is 0 Å². The van der Waals surface area contributed by atoms with Crippen LogP contribution in [0.25, 0.3) is 0 Å². The molecule has 0 aromatic heterocycles. The number of hydrogen-bond acceptors (Lipinski definition) is 1. The Bertz CT molecular complexity index is 394. The van der Waals surface area contributed by atoms with Crippen LogP contribution in [-0.2, 0) is 0 Å². The minimum Gasteiger partial charge on any atom is -0.392 e. The highest BCUT2D eigenvalue weighted by atomic mass is 79.9. The molecule has 0 aromatic rings. The maximum atomic E-state index is 10.2. The Hall–Kier alpha value is 0.950. The first-order valence-electron chi connectivity index (χ1n) is 6.88. The molecule has 1 spiro atoms. The van der Waals surface area contributed by atoms with Gasteiger partial charge in [0.15, 0.2) is 0 Å². The van der Waals surface area contributed by atoms with E-state index in [9.17, 15) is 5.11 Å². The van der Waals surface area contributed by atoms with Gasteiger partial charge in [0.2, 0.25) is 0 Å². The van der Waals surface area contributed by atoms with Gasteiger partial charge in [-0.3, -0.25) is 0 Å². The van der Waals surface area contributed by atoms with Crippen LogP contribution in [-0.4, -0.2) is 25.7 Å². The second kappa shape index (κ2) is 5.00. The standard InChI is InChI=1S/C15H23Br2ClO/c1-9-7-10(19)12(16)13(2,3)15(9)6-5-14(4,17)11(18)8-15/h10-12,19H,1,5-8H2,2-4H3/t10-,11-,12-,14-,15-/m1/s1. The fourth-order valence-electron chi connectivity index (χ4n) is 3.89. The SMILES string of the molecule is C=C1C[C@@H](O)[C@@H](Br)C(C)(C)[C@@]12CC[C@@](C)(Br)[C@H](Cl)C2. The first-order chi connectivity index (χ1) is 8.54. The van der Waals surface area contributed by atoms with Crippen LogP contribution in [0.3, 0.4) is 0 Å². The summed E-state index contributed by atoms with van der Waals surface area (Å²) in [5, 5.41) is 10.3. The zero-order chi connectivity index (χ0) is 14.6. The third-order valence-corrected chi connectivity index (χ3v) is 9.22. The van der Waals surface area contributed by atoms with Gasteiger partial charge in [-0.2, -0.15) is 0 Å². The molecule has 2 aliphatic rings. The Morgan fingerprint density at radius 2 is 1.89 bits per heavy atom. The average molecular weight is 415 g/mol. The highest BCUT2D eigenvalue weighted by Crippen LogP contribution is 2.64. The first kappa shape index (κ1) is 16.3. The molecule has 0 aliphatic heterocycles. The van der Waals surface area contributed by atoms with E-state index in [4.69, 9.17) is 11.6 Å². The molecule has 0 saturated heterocycles. The van der Waals surface area contributed by atoms with Crippen LogP contribution in [0.2, 0.25) is 0 Å². The molecule has 0 aromatic carbocycles. The number of alkyl halides is 3. The molecule has 0 heterocycles. The quantitative estimate of drug-likeness (QED) is 0.435. The zero-order valence-corrected chi connectivity index (χ0v) is 15.8. The minimum absolute atomic E-state index is 0.00797. The number of hydrogen-bond donors (Lipinski definition) is 1. The molecule has 1 nitrogen and oxygen atoms in total. The van der Waals surface area contributed by atoms with E-state index in [1.54, 1.807) is 0 Å². The van der Waals surface area contributed by atoms with E-state index in [-0.39, 0.29) is 31.5 Å². The molecular weight excluding hydrogens is 391 g/mol. The fraction of sp³-hybridized carbons (Fsp3) is 0.867. The average Bonchev–Trinajstić information content (AvgIpc) is 2.29. The largest absolute Gasteiger partial charge is 0.392 e. The van der Waals surface area contributed by atoms with E-state index in [1.165, 1.54) is 5.57 Å². The molecule has 19 heavy (non-hydrogen) atoms. The van der Waals surface area contributed by atoms with E-state index in [2.05, 4.69) is 59.2 Å². The third-order valence-electron chi connectivity index (χ3n) is 5.61. The third kappa shape index (κ3) is 2.37. The second-order valence-corrected chi connectivity index (χ2v) is 10.4. The summed E-state index contributed by atoms with van der Waals surface area (Å²) in [4.78, 5) is 0.0917. The zero-order valence-electron chi connectivity index (χ0n) is 11.8. The smallest absolute Gasteiger partial charge is 0.0707 e. The van der Waals surface area contributed by atoms with Crippen molar-refractivity contribution in [3.8, 4) is 0 Å². The summed E-state index contributed by atoms with van der Waals surface area (Å²) in [6.07, 6.45) is 3.39. The lowest BCUT2D eigenvalue weighted by Crippen LogP contribution is -2.58. The van der Waals surface area contributed by atoms with Crippen LogP contribution < -0.4 is 0 Å². The van der Waals surface area contributed by atoms with Crippen LogP contribution in [0, 0.1) is 10.8 Å². The first-order valence-corrected chi connectivity index (χ1v) is 9.02. The molecule has 4 heteroatoms. The van der Waals surface area contributed by atoms with Gasteiger partial charge in [-0.25, -0.2) is 0 Å². The van der Waals surface area contributed by atoms with Gasteiger partial charge in [0.05, 0.1) is 6.10 Å². The van der Waals surface area contributed by atoms with Gasteiger partial charge in [-0.1, -0.05) is 57.9 Å². The van der Waals surface area contributed by atoms with Crippen molar-refractivity contribution >= 4 is 43.5 Å². The Balaban J connectivity index is 2.39. The van der Waals surface area contributed by atoms with Crippen LogP contribution in [0.4, 0.5) is 0 Å². The number of rotatable bonds is 0. The van der Waals surface area contributed by atoms with Crippen LogP contribution in [0.5, 0.6) is 0 Å². The highest BCUT2D eigenvalue weighted by molar-refractivity contribution is 9.10. The minimum atomic E-state index is -0.348. The molecular formula is C15H23Br2ClO. The number of aliphatic hydroxyl groups is 1. The lowest BCUT2D eigenvalue weighted by molar-refractivity contribution is -0.0175. The summed E-state index contributed by atoms with van der Waals surface area (Å²) in [7, 11) is 0. The summed E-state index contributed by atoms with van der Waals surface area (Å²) in [6, 6.07) is 0. The van der Waals surface area contributed by atoms with Gasteiger partial charge in [-0.15, -0.1) is 11.6 Å². The Morgan fingerprint density at radius 3 is 2.42 bits per heavy atom. The molecule has 2 rings (SSSR count). The van der Waals surface area contributed by atoms with Crippen LogP contribution >= 0.6 is 43.5 Å². The Kier molecular flexibility index (Phi) is 4.29. The molecule has 1 N–H and O–H groups in total. The Labute approximate surface area is 138 Å². The molecule has 0 unspecified atom stereocenters. The van der Waals surface area contributed by atoms with Crippen molar-refractivity contribution in [2.24, 2.45) is 10.8 Å². The molecule has 2 aliphatic carbocycles. The van der Waals surface area contributed by atoms with E-state index in [0.29, 0.717) is 6.42 Å². The van der Waals surface area contributed by atoms with Crippen molar-refractivity contribution < 1.29 is 5.11 Å². The lowest BCUT2D eigenvalue weighted by Gasteiger charge is -2.60. The fourth-order valence-corrected chi connectivity index (χ4v) is 5.25. The number of halogens is 3. The van der Waals surface area contributed by atoms with Crippen molar-refractivity contribution in [1.29, 1.82) is 0 Å². The Morgan fingerprint density at radius 1 is 1.32 bits per heavy atom. The van der Waals surface area contributed by atoms with E-state index in [1.807, 2.05) is 0 Å². The van der Waals surface area contributed by atoms with Gasteiger partial charge in [0, 0.05) is 14.5 Å². The monoisotopic (exact) mass is 412 g/mol. The van der Waals surface area contributed by atoms with Gasteiger partial charge < -0.3 is 5.11 Å². The number of aliphatic hydroxyl groups excluding tert-OH is 1. The summed E-state index contributed by atoms with van der Waals surface area (Å²) in [6.45, 7) is 10.9. The maximum Gasteiger partial charge on any atom is 0.0707 e. The normalized spacial score (nSPS) is 50.5. The second-order valence-electron chi connectivity index (χ2n) is 7.03. The summed E-state index contributed by atoms with van der Waals surface area (Å²) in [5.41, 5.74) is 1.16. The molecule has 0 amide bonds. The highest BCUT2D eigenvalue weighted by Gasteiger charge is 2.59. The predicted molar refractivity (Wildman–Crippen MR) is 89.5 cm³/mol. The van der Waals surface area contributed by atoms with E-state index in [0.717, 1.165) is 19.3 Å². The van der Waals surface area contributed by atoms with E-state index >= 15 is 0 Å². The van der Waals surface area contributed by atoms with Crippen LogP contribution in [0.1, 0.15) is 46.5 Å². The molecule has 110 valence electrons. The topological polar surface area (TPSA) is 20.2 Å². The van der Waals surface area contributed by atoms with Gasteiger partial charge in [-0.05, 0) is 43.4 Å². The lowest BCUT2D eigenvalue weighted by atomic mass is 9.49. The summed E-state index contributed by atoms with van der Waals surface area (Å²) >= 11 is 14.1. The molecule has 0 bridgehead atoms. The molecule has 2 saturated carbocycles. The van der Waals surface area contributed by atoms with Crippen molar-refractivity contribution in [2.75, 3.05) is 0 Å². The molecule has 0 radical (unpaired) electrons. The summed E-state index contributed by atoms with van der Waals surface area (Å²) in [5.74, 6) is 0. The maximum absolute atomic E-state index is 10.2. The van der Waals surface area contributed by atoms with Gasteiger partial charge >= 0.3 is 0 Å². The van der Waals surface area contributed by atoms with Gasteiger partial charge in [0.25, 0.3) is 0 Å². The van der Waals surface area contributed by atoms with Crippen molar-refractivity contribution in [1.82, 2.24) is 0 Å². The van der Waals surface area contributed by atoms with Crippen molar-refractivity contribution in [3.05, 3.63) is 12.2 Å². The summed E-state index contributed by atoms with van der Waals surface area (Å²) < 4.78 is 0.00797. The van der Waals surface area contributed by atoms with E-state index < -0.39 is 0 Å². The molecule has 2 fully saturated rings. The van der Waals surface area contributed by atoms with Crippen molar-refractivity contribution in [2.45, 2.75) is 67.1 Å². The van der Waals surface area contributed by atoms with Gasteiger partial charge in [0.1, 0.15) is 0 Å².